The Labute approximate surface area is 93.0 Å². The van der Waals surface area contributed by atoms with Gasteiger partial charge in [0, 0.05) is 18.4 Å². The average Bonchev–Trinajstić information content (AvgIpc) is 2.22. The third-order valence-corrected chi connectivity index (χ3v) is 2.90. The number of hydrogen-bond acceptors (Lipinski definition) is 1. The maximum Gasteiger partial charge on any atom is 0.146 e. The van der Waals surface area contributed by atoms with Crippen molar-refractivity contribution < 1.29 is 4.39 Å². The number of para-hydroxylation sites is 1. The van der Waals surface area contributed by atoms with Gasteiger partial charge in [-0.2, -0.15) is 0 Å². The Kier molecular flexibility index (Phi) is 4.39. The SMILES string of the molecule is CCN(CC)c1c(F)cccc1CBr. The van der Waals surface area contributed by atoms with E-state index >= 15 is 0 Å². The highest BCUT2D eigenvalue weighted by Gasteiger charge is 2.12. The van der Waals surface area contributed by atoms with E-state index in [1.54, 1.807) is 6.07 Å². The summed E-state index contributed by atoms with van der Waals surface area (Å²) in [5, 5.41) is 0.691. The Bertz CT molecular complexity index is 297. The standard InChI is InChI=1S/C11H15BrFN/c1-3-14(4-2)11-9(8-12)6-5-7-10(11)13/h5-7H,3-4,8H2,1-2H3. The minimum atomic E-state index is -0.134. The van der Waals surface area contributed by atoms with Crippen LogP contribution >= 0.6 is 15.9 Å². The van der Waals surface area contributed by atoms with Gasteiger partial charge in [0.25, 0.3) is 0 Å². The fourth-order valence-corrected chi connectivity index (χ4v) is 2.01. The zero-order valence-electron chi connectivity index (χ0n) is 8.56. The van der Waals surface area contributed by atoms with Crippen LogP contribution in [-0.4, -0.2) is 13.1 Å². The Hall–Kier alpha value is -0.570. The van der Waals surface area contributed by atoms with Crippen LogP contribution in [0.5, 0.6) is 0 Å². The lowest BCUT2D eigenvalue weighted by Gasteiger charge is -2.24. The second kappa shape index (κ2) is 5.35. The molecule has 0 saturated heterocycles. The van der Waals surface area contributed by atoms with Crippen LogP contribution in [0.4, 0.5) is 10.1 Å². The first-order valence-electron chi connectivity index (χ1n) is 4.82. The molecule has 14 heavy (non-hydrogen) atoms. The molecule has 1 aromatic rings. The van der Waals surface area contributed by atoms with Crippen molar-refractivity contribution in [2.75, 3.05) is 18.0 Å². The molecule has 0 heterocycles. The van der Waals surface area contributed by atoms with Crippen molar-refractivity contribution in [3.05, 3.63) is 29.6 Å². The molecule has 0 aliphatic rings. The Balaban J connectivity index is 3.14. The first kappa shape index (κ1) is 11.5. The van der Waals surface area contributed by atoms with Gasteiger partial charge in [-0.15, -0.1) is 0 Å². The van der Waals surface area contributed by atoms with Crippen LogP contribution in [0.2, 0.25) is 0 Å². The molecule has 0 N–H and O–H groups in total. The highest BCUT2D eigenvalue weighted by molar-refractivity contribution is 9.08. The lowest BCUT2D eigenvalue weighted by Crippen LogP contribution is -2.24. The number of halogens is 2. The quantitative estimate of drug-likeness (QED) is 0.748. The van der Waals surface area contributed by atoms with Crippen molar-refractivity contribution in [2.24, 2.45) is 0 Å². The fraction of sp³-hybridized carbons (Fsp3) is 0.455. The zero-order valence-corrected chi connectivity index (χ0v) is 10.1. The number of anilines is 1. The summed E-state index contributed by atoms with van der Waals surface area (Å²) >= 11 is 3.38. The van der Waals surface area contributed by atoms with Crippen molar-refractivity contribution in [1.82, 2.24) is 0 Å². The summed E-state index contributed by atoms with van der Waals surface area (Å²) in [5.41, 5.74) is 1.74. The van der Waals surface area contributed by atoms with Gasteiger partial charge in [0.05, 0.1) is 5.69 Å². The predicted octanol–water partition coefficient (Wildman–Crippen LogP) is 3.57. The van der Waals surface area contributed by atoms with E-state index in [2.05, 4.69) is 15.9 Å². The average molecular weight is 260 g/mol. The second-order valence-corrected chi connectivity index (χ2v) is 3.61. The van der Waals surface area contributed by atoms with E-state index in [1.165, 1.54) is 6.07 Å². The van der Waals surface area contributed by atoms with E-state index in [0.29, 0.717) is 5.33 Å². The molecule has 1 rings (SSSR count). The Morgan fingerprint density at radius 1 is 1.29 bits per heavy atom. The van der Waals surface area contributed by atoms with Gasteiger partial charge in [-0.25, -0.2) is 4.39 Å². The van der Waals surface area contributed by atoms with Gasteiger partial charge in [0.1, 0.15) is 5.82 Å². The van der Waals surface area contributed by atoms with Crippen molar-refractivity contribution in [3.63, 3.8) is 0 Å². The molecule has 0 bridgehead atoms. The maximum atomic E-state index is 13.6. The smallest absolute Gasteiger partial charge is 0.146 e. The number of benzene rings is 1. The molecule has 1 aromatic carbocycles. The summed E-state index contributed by atoms with van der Waals surface area (Å²) in [4.78, 5) is 2.03. The molecule has 0 aliphatic heterocycles. The highest BCUT2D eigenvalue weighted by atomic mass is 79.9. The van der Waals surface area contributed by atoms with E-state index < -0.39 is 0 Å². The summed E-state index contributed by atoms with van der Waals surface area (Å²) < 4.78 is 13.6. The van der Waals surface area contributed by atoms with Crippen molar-refractivity contribution in [2.45, 2.75) is 19.2 Å². The van der Waals surface area contributed by atoms with Crippen LogP contribution in [-0.2, 0) is 5.33 Å². The first-order chi connectivity index (χ1) is 6.74. The maximum absolute atomic E-state index is 13.6. The summed E-state index contributed by atoms with van der Waals surface area (Å²) in [5.74, 6) is -0.134. The molecule has 0 unspecified atom stereocenters. The zero-order chi connectivity index (χ0) is 10.6. The molecule has 0 spiro atoms. The van der Waals surface area contributed by atoms with Gasteiger partial charge in [-0.1, -0.05) is 28.1 Å². The molecule has 0 radical (unpaired) electrons. The number of alkyl halides is 1. The molecule has 0 saturated carbocycles. The minimum absolute atomic E-state index is 0.134. The molecular weight excluding hydrogens is 245 g/mol. The van der Waals surface area contributed by atoms with E-state index in [9.17, 15) is 4.39 Å². The molecule has 3 heteroatoms. The molecule has 0 atom stereocenters. The van der Waals surface area contributed by atoms with Gasteiger partial charge in [-0.3, -0.25) is 0 Å². The van der Waals surface area contributed by atoms with Crippen molar-refractivity contribution >= 4 is 21.6 Å². The molecule has 0 aliphatic carbocycles. The molecule has 0 fully saturated rings. The second-order valence-electron chi connectivity index (χ2n) is 3.05. The number of nitrogens with zero attached hydrogens (tertiary/aromatic N) is 1. The number of rotatable bonds is 4. The van der Waals surface area contributed by atoms with Gasteiger partial charge >= 0.3 is 0 Å². The monoisotopic (exact) mass is 259 g/mol. The van der Waals surface area contributed by atoms with E-state index in [1.807, 2.05) is 24.8 Å². The van der Waals surface area contributed by atoms with E-state index in [-0.39, 0.29) is 5.82 Å². The van der Waals surface area contributed by atoms with Crippen molar-refractivity contribution in [3.8, 4) is 0 Å². The normalized spacial score (nSPS) is 10.3. The molecular formula is C11H15BrFN. The van der Waals surface area contributed by atoms with Gasteiger partial charge in [0.2, 0.25) is 0 Å². The molecule has 1 nitrogen and oxygen atoms in total. The summed E-state index contributed by atoms with van der Waals surface area (Å²) in [6, 6.07) is 5.21. The van der Waals surface area contributed by atoms with Crippen LogP contribution in [0.3, 0.4) is 0 Å². The van der Waals surface area contributed by atoms with Crippen LogP contribution in [0.1, 0.15) is 19.4 Å². The van der Waals surface area contributed by atoms with Crippen LogP contribution in [0.25, 0.3) is 0 Å². The Morgan fingerprint density at radius 3 is 2.43 bits per heavy atom. The van der Waals surface area contributed by atoms with Crippen LogP contribution in [0, 0.1) is 5.82 Å². The van der Waals surface area contributed by atoms with Gasteiger partial charge < -0.3 is 4.90 Å². The van der Waals surface area contributed by atoms with Crippen LogP contribution < -0.4 is 4.90 Å². The van der Waals surface area contributed by atoms with Crippen molar-refractivity contribution in [1.29, 1.82) is 0 Å². The summed E-state index contributed by atoms with van der Waals surface area (Å²) in [6.45, 7) is 5.73. The van der Waals surface area contributed by atoms with Gasteiger partial charge in [0.15, 0.2) is 0 Å². The lowest BCUT2D eigenvalue weighted by molar-refractivity contribution is 0.618. The summed E-state index contributed by atoms with van der Waals surface area (Å²) in [6.07, 6.45) is 0. The summed E-state index contributed by atoms with van der Waals surface area (Å²) in [7, 11) is 0. The largest absolute Gasteiger partial charge is 0.369 e. The van der Waals surface area contributed by atoms with E-state index in [4.69, 9.17) is 0 Å². The predicted molar refractivity (Wildman–Crippen MR) is 62.6 cm³/mol. The third-order valence-electron chi connectivity index (χ3n) is 2.29. The Morgan fingerprint density at radius 2 is 1.93 bits per heavy atom. The van der Waals surface area contributed by atoms with Crippen LogP contribution in [0.15, 0.2) is 18.2 Å². The van der Waals surface area contributed by atoms with Gasteiger partial charge in [-0.05, 0) is 25.5 Å². The first-order valence-corrected chi connectivity index (χ1v) is 5.95. The molecule has 0 aromatic heterocycles. The molecule has 78 valence electrons. The lowest BCUT2D eigenvalue weighted by atomic mass is 10.1. The topological polar surface area (TPSA) is 3.24 Å². The molecule has 0 amide bonds. The number of hydrogen-bond donors (Lipinski definition) is 0. The van der Waals surface area contributed by atoms with E-state index in [0.717, 1.165) is 24.3 Å². The fourth-order valence-electron chi connectivity index (χ4n) is 1.56. The minimum Gasteiger partial charge on any atom is -0.369 e. The highest BCUT2D eigenvalue weighted by Crippen LogP contribution is 2.25. The third kappa shape index (κ3) is 2.27.